The van der Waals surface area contributed by atoms with Crippen LogP contribution in [0.25, 0.3) is 0 Å². The first-order valence-electron chi connectivity index (χ1n) is 3.84. The van der Waals surface area contributed by atoms with Gasteiger partial charge in [0.2, 0.25) is 0 Å². The van der Waals surface area contributed by atoms with Crippen molar-refractivity contribution in [2.75, 3.05) is 5.32 Å². The Hall–Kier alpha value is -2.04. The minimum atomic E-state index is -1.27. The first-order chi connectivity index (χ1) is 6.50. The highest BCUT2D eigenvalue weighted by Crippen LogP contribution is 2.24. The van der Waals surface area contributed by atoms with E-state index in [0.29, 0.717) is 5.56 Å². The van der Waals surface area contributed by atoms with Gasteiger partial charge in [-0.15, -0.1) is 0 Å². The Morgan fingerprint density at radius 3 is 2.43 bits per heavy atom. The van der Waals surface area contributed by atoms with Gasteiger partial charge in [0.15, 0.2) is 5.78 Å². The summed E-state index contributed by atoms with van der Waals surface area (Å²) in [5, 5.41) is 19.7. The number of nitrogens with one attached hydrogen (secondary N) is 1. The van der Waals surface area contributed by atoms with Crippen LogP contribution in [0.15, 0.2) is 18.2 Å². The molecule has 0 saturated heterocycles. The summed E-state index contributed by atoms with van der Waals surface area (Å²) >= 11 is 0. The Morgan fingerprint density at radius 2 is 2.00 bits per heavy atom. The first-order valence-corrected chi connectivity index (χ1v) is 3.84. The second kappa shape index (κ2) is 3.78. The van der Waals surface area contributed by atoms with E-state index in [2.05, 4.69) is 0 Å². The molecule has 0 saturated carbocycles. The third-order valence-corrected chi connectivity index (χ3v) is 1.65. The molecule has 0 spiro atoms. The molecule has 0 atom stereocenters. The zero-order valence-electron chi connectivity index (χ0n) is 7.44. The smallest absolute Gasteiger partial charge is 0.409 e. The summed E-state index contributed by atoms with van der Waals surface area (Å²) in [5.41, 5.74) is 0.390. The number of rotatable bonds is 2. The summed E-state index contributed by atoms with van der Waals surface area (Å²) in [6, 6.07) is 3.99. The van der Waals surface area contributed by atoms with Crippen LogP contribution in [0, 0.1) is 0 Å². The molecule has 74 valence electrons. The fourth-order valence-corrected chi connectivity index (χ4v) is 0.972. The third kappa shape index (κ3) is 2.22. The van der Waals surface area contributed by atoms with Crippen molar-refractivity contribution >= 4 is 17.6 Å². The molecule has 0 aromatic heterocycles. The number of benzene rings is 1. The molecular formula is C9H9NO4. The van der Waals surface area contributed by atoms with E-state index >= 15 is 0 Å². The van der Waals surface area contributed by atoms with Gasteiger partial charge in [-0.3, -0.25) is 10.1 Å². The van der Waals surface area contributed by atoms with Crippen molar-refractivity contribution in [1.29, 1.82) is 0 Å². The number of carbonyl (C=O) groups excluding carboxylic acids is 1. The van der Waals surface area contributed by atoms with E-state index in [1.807, 2.05) is 5.32 Å². The van der Waals surface area contributed by atoms with Crippen LogP contribution in [0.4, 0.5) is 10.5 Å². The highest BCUT2D eigenvalue weighted by molar-refractivity contribution is 5.96. The average molecular weight is 195 g/mol. The molecule has 0 aliphatic heterocycles. The Balaban J connectivity index is 3.01. The highest BCUT2D eigenvalue weighted by Gasteiger charge is 2.07. The van der Waals surface area contributed by atoms with E-state index in [0.717, 1.165) is 0 Å². The number of phenols is 1. The summed E-state index contributed by atoms with van der Waals surface area (Å²) in [5.74, 6) is -0.456. The molecular weight excluding hydrogens is 186 g/mol. The maximum absolute atomic E-state index is 10.9. The minimum absolute atomic E-state index is 0.0579. The predicted molar refractivity (Wildman–Crippen MR) is 49.8 cm³/mol. The molecule has 5 heteroatoms. The average Bonchev–Trinajstić information content (AvgIpc) is 2.07. The maximum atomic E-state index is 10.9. The van der Waals surface area contributed by atoms with Gasteiger partial charge in [-0.25, -0.2) is 4.79 Å². The lowest BCUT2D eigenvalue weighted by molar-refractivity contribution is 0.101. The number of carboxylic acid groups (broad SMARTS) is 1. The lowest BCUT2D eigenvalue weighted by Gasteiger charge is -2.04. The Kier molecular flexibility index (Phi) is 2.71. The molecule has 14 heavy (non-hydrogen) atoms. The molecule has 1 aromatic rings. The summed E-state index contributed by atoms with van der Waals surface area (Å²) < 4.78 is 0. The number of anilines is 1. The van der Waals surface area contributed by atoms with Gasteiger partial charge in [-0.05, 0) is 25.1 Å². The zero-order chi connectivity index (χ0) is 10.7. The summed E-state index contributed by atoms with van der Waals surface area (Å²) in [6.07, 6.45) is -1.27. The van der Waals surface area contributed by atoms with Crippen molar-refractivity contribution in [2.45, 2.75) is 6.92 Å². The molecule has 3 N–H and O–H groups in total. The van der Waals surface area contributed by atoms with Crippen molar-refractivity contribution < 1.29 is 19.8 Å². The minimum Gasteiger partial charge on any atom is -0.506 e. The van der Waals surface area contributed by atoms with Crippen LogP contribution in [0.2, 0.25) is 0 Å². The summed E-state index contributed by atoms with van der Waals surface area (Å²) in [7, 11) is 0. The van der Waals surface area contributed by atoms with Crippen LogP contribution < -0.4 is 5.32 Å². The van der Waals surface area contributed by atoms with E-state index in [1.165, 1.54) is 25.1 Å². The number of amides is 1. The fraction of sp³-hybridized carbons (Fsp3) is 0.111. The highest BCUT2D eigenvalue weighted by atomic mass is 16.4. The SMILES string of the molecule is CC(=O)c1ccc(NC(=O)O)c(O)c1. The molecule has 0 aliphatic carbocycles. The van der Waals surface area contributed by atoms with Gasteiger partial charge < -0.3 is 10.2 Å². The van der Waals surface area contributed by atoms with Crippen LogP contribution in [0.1, 0.15) is 17.3 Å². The van der Waals surface area contributed by atoms with E-state index in [9.17, 15) is 14.7 Å². The van der Waals surface area contributed by atoms with Gasteiger partial charge in [-0.2, -0.15) is 0 Å². The standard InChI is InChI=1S/C9H9NO4/c1-5(11)6-2-3-7(8(12)4-6)10-9(13)14/h2-4,10,12H,1H3,(H,13,14). The molecule has 0 bridgehead atoms. The van der Waals surface area contributed by atoms with Crippen molar-refractivity contribution in [2.24, 2.45) is 0 Å². The summed E-state index contributed by atoms with van der Waals surface area (Å²) in [6.45, 7) is 1.36. The molecule has 0 unspecified atom stereocenters. The molecule has 0 fully saturated rings. The third-order valence-electron chi connectivity index (χ3n) is 1.65. The number of hydrogen-bond acceptors (Lipinski definition) is 3. The van der Waals surface area contributed by atoms with Crippen molar-refractivity contribution in [3.63, 3.8) is 0 Å². The largest absolute Gasteiger partial charge is 0.506 e. The maximum Gasteiger partial charge on any atom is 0.409 e. The van der Waals surface area contributed by atoms with Gasteiger partial charge in [0.05, 0.1) is 5.69 Å². The number of aromatic hydroxyl groups is 1. The van der Waals surface area contributed by atoms with E-state index < -0.39 is 6.09 Å². The quantitative estimate of drug-likeness (QED) is 0.495. The van der Waals surface area contributed by atoms with Gasteiger partial charge in [0.25, 0.3) is 0 Å². The normalized spacial score (nSPS) is 9.50. The number of phenolic OH excluding ortho intramolecular Hbond substituents is 1. The molecule has 0 radical (unpaired) electrons. The molecule has 1 rings (SSSR count). The van der Waals surface area contributed by atoms with Crippen molar-refractivity contribution in [3.8, 4) is 5.75 Å². The van der Waals surface area contributed by atoms with E-state index in [-0.39, 0.29) is 17.2 Å². The fourth-order valence-electron chi connectivity index (χ4n) is 0.972. The van der Waals surface area contributed by atoms with Gasteiger partial charge in [0.1, 0.15) is 5.75 Å². The van der Waals surface area contributed by atoms with Crippen LogP contribution in [0.5, 0.6) is 5.75 Å². The predicted octanol–water partition coefficient (Wildman–Crippen LogP) is 1.68. The summed E-state index contributed by atoms with van der Waals surface area (Å²) in [4.78, 5) is 21.1. The second-order valence-electron chi connectivity index (χ2n) is 2.72. The number of carbonyl (C=O) groups is 2. The van der Waals surface area contributed by atoms with Gasteiger partial charge in [-0.1, -0.05) is 0 Å². The number of ketones is 1. The van der Waals surface area contributed by atoms with Crippen molar-refractivity contribution in [3.05, 3.63) is 23.8 Å². The zero-order valence-corrected chi connectivity index (χ0v) is 7.44. The van der Waals surface area contributed by atoms with Crippen LogP contribution in [0.3, 0.4) is 0 Å². The van der Waals surface area contributed by atoms with E-state index in [1.54, 1.807) is 0 Å². The van der Waals surface area contributed by atoms with Gasteiger partial charge in [0, 0.05) is 5.56 Å². The lowest BCUT2D eigenvalue weighted by Crippen LogP contribution is -2.07. The molecule has 5 nitrogen and oxygen atoms in total. The van der Waals surface area contributed by atoms with Gasteiger partial charge >= 0.3 is 6.09 Å². The molecule has 0 aliphatic rings. The Bertz CT molecular complexity index is 386. The second-order valence-corrected chi connectivity index (χ2v) is 2.72. The Morgan fingerprint density at radius 1 is 1.36 bits per heavy atom. The Labute approximate surface area is 80.0 Å². The van der Waals surface area contributed by atoms with E-state index in [4.69, 9.17) is 5.11 Å². The monoisotopic (exact) mass is 195 g/mol. The molecule has 1 amide bonds. The van der Waals surface area contributed by atoms with Crippen LogP contribution >= 0.6 is 0 Å². The molecule has 0 heterocycles. The number of Topliss-reactive ketones (excluding diaryl/α,β-unsaturated/α-hetero) is 1. The molecule has 1 aromatic carbocycles. The topological polar surface area (TPSA) is 86.6 Å². The lowest BCUT2D eigenvalue weighted by atomic mass is 10.1. The van der Waals surface area contributed by atoms with Crippen LogP contribution in [-0.4, -0.2) is 22.1 Å². The first kappa shape index (κ1) is 10.0. The number of hydrogen-bond donors (Lipinski definition) is 3. The van der Waals surface area contributed by atoms with Crippen LogP contribution in [-0.2, 0) is 0 Å². The van der Waals surface area contributed by atoms with Crippen molar-refractivity contribution in [1.82, 2.24) is 0 Å².